The molecule has 162 valence electrons. The Morgan fingerprint density at radius 2 is 1.07 bits per heavy atom. The molecule has 0 unspecified atom stereocenters. The summed E-state index contributed by atoms with van der Waals surface area (Å²) >= 11 is 0. The number of aliphatic hydroxyl groups excluding tert-OH is 4. The van der Waals surface area contributed by atoms with Gasteiger partial charge in [0, 0.05) is 36.7 Å². The molecular weight excluding hydrogens is 358 g/mol. The van der Waals surface area contributed by atoms with E-state index in [0.717, 1.165) is 47.5 Å². The molecule has 0 aromatic rings. The van der Waals surface area contributed by atoms with Crippen LogP contribution in [0.15, 0.2) is 33.8 Å². The summed E-state index contributed by atoms with van der Waals surface area (Å²) < 4.78 is 0. The van der Waals surface area contributed by atoms with E-state index in [9.17, 15) is 20.4 Å². The van der Waals surface area contributed by atoms with Crippen LogP contribution in [0.3, 0.4) is 0 Å². The Morgan fingerprint density at radius 1 is 0.714 bits per heavy atom. The van der Waals surface area contributed by atoms with E-state index in [2.05, 4.69) is 22.9 Å². The van der Waals surface area contributed by atoms with Gasteiger partial charge in [0.25, 0.3) is 0 Å². The normalized spacial score (nSPS) is 20.7. The molecular formula is C21H39N3O4. The van der Waals surface area contributed by atoms with Gasteiger partial charge in [-0.1, -0.05) is 20.8 Å². The molecule has 1 aliphatic rings. The van der Waals surface area contributed by atoms with Crippen LogP contribution in [-0.4, -0.2) is 66.0 Å². The topological polar surface area (TPSA) is 117 Å². The first kappa shape index (κ1) is 24.5. The summed E-state index contributed by atoms with van der Waals surface area (Å²) in [6, 6.07) is 0. The van der Waals surface area contributed by atoms with Crippen LogP contribution >= 0.6 is 0 Å². The van der Waals surface area contributed by atoms with Crippen molar-refractivity contribution in [1.29, 1.82) is 0 Å². The third kappa shape index (κ3) is 6.81. The van der Waals surface area contributed by atoms with Gasteiger partial charge in [-0.15, -0.1) is 0 Å². The number of allylic oxidation sites excluding steroid dienone is 4. The lowest BCUT2D eigenvalue weighted by Gasteiger charge is -2.33. The molecule has 0 amide bonds. The van der Waals surface area contributed by atoms with Crippen LogP contribution in [0.25, 0.3) is 0 Å². The second-order valence-corrected chi connectivity index (χ2v) is 6.86. The minimum Gasteiger partial charge on any atom is -0.395 e. The lowest BCUT2D eigenvalue weighted by Crippen LogP contribution is -2.32. The molecule has 1 fully saturated rings. The van der Waals surface area contributed by atoms with E-state index in [4.69, 9.17) is 0 Å². The van der Waals surface area contributed by atoms with Crippen molar-refractivity contribution in [3.05, 3.63) is 33.8 Å². The maximum absolute atomic E-state index is 11.2. The quantitative estimate of drug-likeness (QED) is 0.261. The van der Waals surface area contributed by atoms with Gasteiger partial charge in [-0.05, 0) is 48.8 Å². The molecule has 7 nitrogen and oxygen atoms in total. The predicted octanol–water partition coefficient (Wildman–Crippen LogP) is 0.879. The van der Waals surface area contributed by atoms with Crippen LogP contribution in [0.2, 0.25) is 0 Å². The molecule has 0 bridgehead atoms. The van der Waals surface area contributed by atoms with Crippen LogP contribution in [0, 0.1) is 0 Å². The number of hydrogen-bond acceptors (Lipinski definition) is 7. The van der Waals surface area contributed by atoms with Crippen molar-refractivity contribution in [2.75, 3.05) is 39.5 Å². The number of aliphatic hydroxyl groups is 4. The summed E-state index contributed by atoms with van der Waals surface area (Å²) in [4.78, 5) is 0. The average Bonchev–Trinajstić information content (AvgIpc) is 2.71. The van der Waals surface area contributed by atoms with Gasteiger partial charge >= 0.3 is 0 Å². The highest BCUT2D eigenvalue weighted by Gasteiger charge is 2.30. The van der Waals surface area contributed by atoms with Gasteiger partial charge in [-0.25, -0.2) is 0 Å². The maximum atomic E-state index is 11.2. The summed E-state index contributed by atoms with van der Waals surface area (Å²) in [5, 5.41) is 48.6. The zero-order valence-electron chi connectivity index (χ0n) is 17.6. The van der Waals surface area contributed by atoms with Crippen molar-refractivity contribution >= 4 is 0 Å². The fourth-order valence-corrected chi connectivity index (χ4v) is 3.73. The summed E-state index contributed by atoms with van der Waals surface area (Å²) in [5.74, 6) is 0. The van der Waals surface area contributed by atoms with Gasteiger partial charge in [0.1, 0.15) is 6.10 Å². The van der Waals surface area contributed by atoms with Crippen LogP contribution in [-0.2, 0) is 0 Å². The van der Waals surface area contributed by atoms with Crippen LogP contribution < -0.4 is 16.0 Å². The van der Waals surface area contributed by atoms with Crippen molar-refractivity contribution in [2.24, 2.45) is 0 Å². The Labute approximate surface area is 169 Å². The molecule has 1 saturated carbocycles. The van der Waals surface area contributed by atoms with E-state index in [0.29, 0.717) is 32.5 Å². The molecule has 0 aliphatic heterocycles. The Balaban J connectivity index is 3.45. The molecule has 0 heterocycles. The SMILES string of the molecule is CCC(NCCO)=C1CC(=C(CC)NCCO)C(O)C(=C(CC)NCCO)C1. The van der Waals surface area contributed by atoms with Crippen molar-refractivity contribution in [2.45, 2.75) is 59.0 Å². The van der Waals surface area contributed by atoms with Gasteiger partial charge in [0.05, 0.1) is 19.8 Å². The minimum atomic E-state index is -0.693. The van der Waals surface area contributed by atoms with Crippen LogP contribution in [0.4, 0.5) is 0 Å². The highest BCUT2D eigenvalue weighted by Crippen LogP contribution is 2.37. The van der Waals surface area contributed by atoms with E-state index in [1.807, 2.05) is 13.8 Å². The first-order chi connectivity index (χ1) is 13.6. The molecule has 1 rings (SSSR count). The highest BCUT2D eigenvalue weighted by atomic mass is 16.3. The van der Waals surface area contributed by atoms with Crippen molar-refractivity contribution in [3.8, 4) is 0 Å². The Kier molecular flexibility index (Phi) is 11.9. The third-order valence-corrected chi connectivity index (χ3v) is 5.08. The van der Waals surface area contributed by atoms with Crippen molar-refractivity contribution < 1.29 is 20.4 Å². The van der Waals surface area contributed by atoms with Gasteiger partial charge in [0.15, 0.2) is 0 Å². The summed E-state index contributed by atoms with van der Waals surface area (Å²) in [6.45, 7) is 7.70. The molecule has 0 aromatic carbocycles. The van der Waals surface area contributed by atoms with Gasteiger partial charge in [0.2, 0.25) is 0 Å². The molecule has 7 heteroatoms. The van der Waals surface area contributed by atoms with E-state index in [1.165, 1.54) is 5.57 Å². The summed E-state index contributed by atoms with van der Waals surface area (Å²) in [6.07, 6.45) is 2.93. The molecule has 1 aliphatic carbocycles. The fourth-order valence-electron chi connectivity index (χ4n) is 3.73. The second kappa shape index (κ2) is 13.6. The summed E-state index contributed by atoms with van der Waals surface area (Å²) in [5.41, 5.74) is 6.10. The van der Waals surface area contributed by atoms with E-state index in [1.54, 1.807) is 0 Å². The standard InChI is InChI=1S/C21H39N3O4/c1-4-18(22-7-10-25)15-13-16(19(5-2)23-8-11-26)21(28)17(14-15)20(6-3)24-9-12-27/h21-28H,4-14H2,1-3H3. The van der Waals surface area contributed by atoms with E-state index >= 15 is 0 Å². The Hall–Kier alpha value is -1.54. The highest BCUT2D eigenvalue weighted by molar-refractivity contribution is 5.42. The van der Waals surface area contributed by atoms with Gasteiger partial charge < -0.3 is 36.4 Å². The fraction of sp³-hybridized carbons (Fsp3) is 0.714. The Morgan fingerprint density at radius 3 is 1.39 bits per heavy atom. The molecule has 0 atom stereocenters. The Bertz CT molecular complexity index is 532. The van der Waals surface area contributed by atoms with Crippen LogP contribution in [0.1, 0.15) is 52.9 Å². The third-order valence-electron chi connectivity index (χ3n) is 5.08. The molecule has 0 aromatic heterocycles. The first-order valence-corrected chi connectivity index (χ1v) is 10.4. The molecule has 0 saturated heterocycles. The number of rotatable bonds is 12. The zero-order chi connectivity index (χ0) is 20.9. The van der Waals surface area contributed by atoms with Crippen molar-refractivity contribution in [1.82, 2.24) is 16.0 Å². The first-order valence-electron chi connectivity index (χ1n) is 10.4. The molecule has 7 N–H and O–H groups in total. The zero-order valence-corrected chi connectivity index (χ0v) is 17.6. The minimum absolute atomic E-state index is 0.0365. The molecule has 0 radical (unpaired) electrons. The molecule has 28 heavy (non-hydrogen) atoms. The smallest absolute Gasteiger partial charge is 0.101 e. The largest absolute Gasteiger partial charge is 0.395 e. The van der Waals surface area contributed by atoms with E-state index < -0.39 is 6.10 Å². The lowest BCUT2D eigenvalue weighted by molar-refractivity contribution is 0.227. The number of hydrogen-bond donors (Lipinski definition) is 7. The summed E-state index contributed by atoms with van der Waals surface area (Å²) in [7, 11) is 0. The second-order valence-electron chi connectivity index (χ2n) is 6.86. The predicted molar refractivity (Wildman–Crippen MR) is 112 cm³/mol. The molecule has 0 spiro atoms. The van der Waals surface area contributed by atoms with Gasteiger partial charge in [-0.2, -0.15) is 0 Å². The maximum Gasteiger partial charge on any atom is 0.101 e. The van der Waals surface area contributed by atoms with E-state index in [-0.39, 0.29) is 19.8 Å². The van der Waals surface area contributed by atoms with Crippen LogP contribution in [0.5, 0.6) is 0 Å². The number of nitrogens with one attached hydrogen (secondary N) is 3. The van der Waals surface area contributed by atoms with Gasteiger partial charge in [-0.3, -0.25) is 0 Å². The lowest BCUT2D eigenvalue weighted by atomic mass is 9.80. The van der Waals surface area contributed by atoms with Crippen molar-refractivity contribution in [3.63, 3.8) is 0 Å². The average molecular weight is 398 g/mol. The monoisotopic (exact) mass is 397 g/mol.